The molecule has 0 radical (unpaired) electrons. The van der Waals surface area contributed by atoms with Crippen LogP contribution in [0.5, 0.6) is 0 Å². The van der Waals surface area contributed by atoms with Gasteiger partial charge < -0.3 is 4.74 Å². The lowest BCUT2D eigenvalue weighted by Gasteiger charge is -2.14. The topological polar surface area (TPSA) is 89.5 Å². The zero-order chi connectivity index (χ0) is 15.9. The fourth-order valence-electron chi connectivity index (χ4n) is 1.79. The maximum absolute atomic E-state index is 11.4. The molecular formula is C14H15N3O4S. The van der Waals surface area contributed by atoms with Crippen LogP contribution < -0.4 is 0 Å². The minimum atomic E-state index is -2.77. The molecule has 2 aromatic rings. The summed E-state index contributed by atoms with van der Waals surface area (Å²) in [5.74, 6) is -0.231. The lowest BCUT2D eigenvalue weighted by atomic mass is 10.2. The van der Waals surface area contributed by atoms with Crippen LogP contribution in [0.2, 0.25) is 0 Å². The van der Waals surface area contributed by atoms with Gasteiger partial charge in [0.25, 0.3) is 0 Å². The molecule has 116 valence electrons. The highest BCUT2D eigenvalue weighted by atomic mass is 32.2. The Kier molecular flexibility index (Phi) is 5.56. The van der Waals surface area contributed by atoms with E-state index in [1.165, 1.54) is 23.8 Å². The van der Waals surface area contributed by atoms with Crippen LogP contribution in [0.25, 0.3) is 0 Å². The summed E-state index contributed by atoms with van der Waals surface area (Å²) in [5, 5.41) is 0. The van der Waals surface area contributed by atoms with Crippen molar-refractivity contribution in [3.8, 4) is 0 Å². The van der Waals surface area contributed by atoms with Crippen molar-refractivity contribution in [3.63, 3.8) is 0 Å². The van der Waals surface area contributed by atoms with Gasteiger partial charge in [0.2, 0.25) is 10.9 Å². The van der Waals surface area contributed by atoms with Gasteiger partial charge in [-0.3, -0.25) is 0 Å². The molecule has 1 aromatic carbocycles. The van der Waals surface area contributed by atoms with Crippen LogP contribution in [0.3, 0.4) is 0 Å². The first-order chi connectivity index (χ1) is 10.6. The van der Waals surface area contributed by atoms with Gasteiger partial charge in [0.1, 0.15) is 5.82 Å². The third kappa shape index (κ3) is 4.34. The number of methoxy groups -OCH3 is 1. The molecular weight excluding hydrogens is 306 g/mol. The molecule has 1 aromatic heterocycles. The number of thiol groups is 1. The summed E-state index contributed by atoms with van der Waals surface area (Å²) < 4.78 is 28.5. The second kappa shape index (κ2) is 7.62. The van der Waals surface area contributed by atoms with E-state index in [9.17, 15) is 13.2 Å². The number of carbonyl (C=O) groups is 1. The Hall–Kier alpha value is -2.32. The number of nitrogens with zero attached hydrogens (tertiary/aromatic N) is 3. The van der Waals surface area contributed by atoms with E-state index in [0.29, 0.717) is 5.82 Å². The zero-order valence-corrected chi connectivity index (χ0v) is 12.8. The molecule has 0 aliphatic carbocycles. The minimum absolute atomic E-state index is 0.0368. The van der Waals surface area contributed by atoms with Crippen molar-refractivity contribution in [1.29, 1.82) is 0 Å². The number of carbonyl (C=O) groups excluding carboxylic acids is 1. The second-order valence-electron chi connectivity index (χ2n) is 4.43. The molecule has 0 spiro atoms. The molecule has 0 atom stereocenters. The molecule has 0 aliphatic heterocycles. The molecule has 22 heavy (non-hydrogen) atoms. The quantitative estimate of drug-likeness (QED) is 0.625. The van der Waals surface area contributed by atoms with E-state index >= 15 is 0 Å². The first-order valence-corrected chi connectivity index (χ1v) is 7.55. The predicted octanol–water partition coefficient (Wildman–Crippen LogP) is 0.792. The number of hydrogen-bond donors (Lipinski definition) is 1. The van der Waals surface area contributed by atoms with E-state index in [-0.39, 0.29) is 18.7 Å². The first-order valence-electron chi connectivity index (χ1n) is 6.42. The van der Waals surface area contributed by atoms with E-state index in [0.717, 1.165) is 5.56 Å². The lowest BCUT2D eigenvalue weighted by molar-refractivity contribution is 0.0599. The van der Waals surface area contributed by atoms with Crippen LogP contribution >= 0.6 is 0 Å². The summed E-state index contributed by atoms with van der Waals surface area (Å²) in [7, 11) is -1.51. The van der Waals surface area contributed by atoms with E-state index in [4.69, 9.17) is 0 Å². The van der Waals surface area contributed by atoms with E-state index < -0.39 is 16.9 Å². The average molecular weight is 321 g/mol. The summed E-state index contributed by atoms with van der Waals surface area (Å²) in [4.78, 5) is 19.3. The molecule has 1 heterocycles. The summed E-state index contributed by atoms with van der Waals surface area (Å²) >= 11 is 0. The Morgan fingerprint density at radius 2 is 1.77 bits per heavy atom. The molecule has 8 heteroatoms. The van der Waals surface area contributed by atoms with Crippen molar-refractivity contribution < 1.29 is 17.9 Å². The van der Waals surface area contributed by atoms with Crippen molar-refractivity contribution in [2.45, 2.75) is 13.1 Å². The largest absolute Gasteiger partial charge is 0.465 e. The Morgan fingerprint density at radius 3 is 2.32 bits per heavy atom. The minimum Gasteiger partial charge on any atom is -0.465 e. The summed E-state index contributed by atoms with van der Waals surface area (Å²) in [5.41, 5.74) is 1.08. The number of hydrogen-bond acceptors (Lipinski definition) is 6. The van der Waals surface area contributed by atoms with Crippen molar-refractivity contribution in [2.24, 2.45) is 0 Å². The van der Waals surface area contributed by atoms with Gasteiger partial charge >= 0.3 is 5.97 Å². The molecule has 0 unspecified atom stereocenters. The van der Waals surface area contributed by atoms with Gasteiger partial charge in [-0.1, -0.05) is 30.3 Å². The summed E-state index contributed by atoms with van der Waals surface area (Å²) in [6, 6.07) is 9.22. The highest BCUT2D eigenvalue weighted by Crippen LogP contribution is 2.08. The monoisotopic (exact) mass is 321 g/mol. The van der Waals surface area contributed by atoms with Gasteiger partial charge in [-0.05, 0) is 5.56 Å². The number of rotatable bonds is 6. The lowest BCUT2D eigenvalue weighted by Crippen LogP contribution is -2.22. The number of ether oxygens (including phenoxy) is 1. The molecule has 0 aliphatic rings. The molecule has 0 saturated carbocycles. The third-order valence-electron chi connectivity index (χ3n) is 2.89. The van der Waals surface area contributed by atoms with Crippen LogP contribution in [-0.2, 0) is 28.7 Å². The Balaban J connectivity index is 2.09. The number of aromatic nitrogens is 2. The SMILES string of the molecule is COC(=O)c1cnc(CN(Cc2ccccc2)[SH](=O)=O)nc1. The van der Waals surface area contributed by atoms with E-state index in [2.05, 4.69) is 14.7 Å². The molecule has 0 fully saturated rings. The summed E-state index contributed by atoms with van der Waals surface area (Å²) in [6.45, 7) is 0.275. The second-order valence-corrected chi connectivity index (χ2v) is 5.47. The summed E-state index contributed by atoms with van der Waals surface area (Å²) in [6.07, 6.45) is 2.62. The van der Waals surface area contributed by atoms with E-state index in [1.54, 1.807) is 0 Å². The fourth-order valence-corrected chi connectivity index (χ4v) is 2.31. The van der Waals surface area contributed by atoms with Crippen molar-refractivity contribution >= 4 is 16.9 Å². The molecule has 7 nitrogen and oxygen atoms in total. The molecule has 0 amide bonds. The predicted molar refractivity (Wildman–Crippen MR) is 79.4 cm³/mol. The maximum Gasteiger partial charge on any atom is 0.341 e. The first kappa shape index (κ1) is 16.1. The van der Waals surface area contributed by atoms with E-state index in [1.807, 2.05) is 30.3 Å². The smallest absolute Gasteiger partial charge is 0.341 e. The van der Waals surface area contributed by atoms with Gasteiger partial charge in [-0.15, -0.1) is 0 Å². The highest BCUT2D eigenvalue weighted by molar-refractivity contribution is 7.69. The van der Waals surface area contributed by atoms with Crippen molar-refractivity contribution in [1.82, 2.24) is 14.3 Å². The van der Waals surface area contributed by atoms with Gasteiger partial charge in [-0.2, -0.15) is 4.31 Å². The molecule has 2 rings (SSSR count). The van der Waals surface area contributed by atoms with Crippen LogP contribution in [-0.4, -0.2) is 35.8 Å². The van der Waals surface area contributed by atoms with Crippen LogP contribution in [0.1, 0.15) is 21.7 Å². The third-order valence-corrected chi connectivity index (χ3v) is 3.63. The van der Waals surface area contributed by atoms with Gasteiger partial charge in [0, 0.05) is 18.9 Å². The van der Waals surface area contributed by atoms with Crippen molar-refractivity contribution in [3.05, 3.63) is 59.7 Å². The maximum atomic E-state index is 11.4. The fraction of sp³-hybridized carbons (Fsp3) is 0.214. The van der Waals surface area contributed by atoms with Gasteiger partial charge in [0.05, 0.1) is 19.2 Å². The van der Waals surface area contributed by atoms with Crippen LogP contribution in [0.4, 0.5) is 0 Å². The van der Waals surface area contributed by atoms with Crippen LogP contribution in [0, 0.1) is 0 Å². The van der Waals surface area contributed by atoms with Crippen molar-refractivity contribution in [2.75, 3.05) is 7.11 Å². The molecule has 0 bridgehead atoms. The zero-order valence-electron chi connectivity index (χ0n) is 11.9. The molecule has 0 saturated heterocycles. The normalized spacial score (nSPS) is 10.9. The van der Waals surface area contributed by atoms with Gasteiger partial charge in [-0.25, -0.2) is 23.2 Å². The van der Waals surface area contributed by atoms with Gasteiger partial charge in [0.15, 0.2) is 0 Å². The van der Waals surface area contributed by atoms with Crippen LogP contribution in [0.15, 0.2) is 42.7 Å². The molecule has 0 N–H and O–H groups in total. The number of benzene rings is 1. The highest BCUT2D eigenvalue weighted by Gasteiger charge is 2.12. The Bertz CT molecular complexity index is 694. The standard InChI is InChI=1S/C14H15N3O4S/c1-21-14(18)12-7-15-13(16-8-12)10-17(22(19)20)9-11-5-3-2-4-6-11/h2-8,22H,9-10H2,1H3. The Labute approximate surface area is 129 Å². The number of esters is 1. The Morgan fingerprint density at radius 1 is 1.14 bits per heavy atom. The average Bonchev–Trinajstić information content (AvgIpc) is 2.55.